The lowest BCUT2D eigenvalue weighted by Gasteiger charge is -2.18. The minimum absolute atomic E-state index is 0.0742. The summed E-state index contributed by atoms with van der Waals surface area (Å²) in [7, 11) is 1.69. The quantitative estimate of drug-likeness (QED) is 0.633. The molecule has 1 amide bonds. The second kappa shape index (κ2) is 6.72. The number of carbonyl (C=O) groups excluding carboxylic acids is 1. The molecule has 0 aliphatic rings. The Kier molecular flexibility index (Phi) is 5.29. The highest BCUT2D eigenvalue weighted by Crippen LogP contribution is 2.23. The van der Waals surface area contributed by atoms with Crippen molar-refractivity contribution in [2.45, 2.75) is 20.3 Å². The summed E-state index contributed by atoms with van der Waals surface area (Å²) in [6.45, 7) is 5.15. The second-order valence-electron chi connectivity index (χ2n) is 4.24. The summed E-state index contributed by atoms with van der Waals surface area (Å²) >= 11 is 0. The predicted octanol–water partition coefficient (Wildman–Crippen LogP) is 2.51. The van der Waals surface area contributed by atoms with Gasteiger partial charge >= 0.3 is 0 Å². The number of nitrogens with one attached hydrogen (secondary N) is 1. The molecule has 0 aliphatic heterocycles. The predicted molar refractivity (Wildman–Crippen MR) is 74.5 cm³/mol. The molecule has 1 rings (SSSR count). The smallest absolute Gasteiger partial charge is 0.270 e. The standard InChI is InChI=1S/C13H19N3O3/c1-4-8-15(3)13(17)11-9-10(16(18)19)6-7-12(11)14-5-2/h6-7,9,14H,4-5,8H2,1-3H3. The first-order chi connectivity index (χ1) is 9.01. The molecule has 0 aromatic heterocycles. The largest absolute Gasteiger partial charge is 0.385 e. The van der Waals surface area contributed by atoms with E-state index >= 15 is 0 Å². The highest BCUT2D eigenvalue weighted by molar-refractivity contribution is 6.00. The maximum atomic E-state index is 12.3. The number of nitro groups is 1. The topological polar surface area (TPSA) is 75.5 Å². The molecule has 0 atom stereocenters. The summed E-state index contributed by atoms with van der Waals surface area (Å²) in [5.74, 6) is -0.207. The van der Waals surface area contributed by atoms with Gasteiger partial charge in [-0.2, -0.15) is 0 Å². The van der Waals surface area contributed by atoms with Crippen LogP contribution in [0.5, 0.6) is 0 Å². The fourth-order valence-electron chi connectivity index (χ4n) is 1.81. The maximum Gasteiger partial charge on any atom is 0.270 e. The summed E-state index contributed by atoms with van der Waals surface area (Å²) < 4.78 is 0. The molecule has 0 spiro atoms. The number of hydrogen-bond donors (Lipinski definition) is 1. The number of nitrogens with zero attached hydrogens (tertiary/aromatic N) is 2. The molecule has 0 unspecified atom stereocenters. The van der Waals surface area contributed by atoms with E-state index in [0.29, 0.717) is 24.3 Å². The minimum atomic E-state index is -0.494. The fourth-order valence-corrected chi connectivity index (χ4v) is 1.81. The maximum absolute atomic E-state index is 12.3. The van der Waals surface area contributed by atoms with Crippen LogP contribution in [-0.4, -0.2) is 35.9 Å². The first-order valence-corrected chi connectivity index (χ1v) is 6.29. The van der Waals surface area contributed by atoms with E-state index in [9.17, 15) is 14.9 Å². The van der Waals surface area contributed by atoms with Crippen molar-refractivity contribution < 1.29 is 9.72 Å². The van der Waals surface area contributed by atoms with Crippen molar-refractivity contribution in [2.75, 3.05) is 25.5 Å². The zero-order valence-electron chi connectivity index (χ0n) is 11.5. The van der Waals surface area contributed by atoms with Crippen LogP contribution in [0.25, 0.3) is 0 Å². The number of amides is 1. The van der Waals surface area contributed by atoms with Gasteiger partial charge in [-0.05, 0) is 19.4 Å². The lowest BCUT2D eigenvalue weighted by Crippen LogP contribution is -2.28. The summed E-state index contributed by atoms with van der Waals surface area (Å²) in [4.78, 5) is 24.1. The highest BCUT2D eigenvalue weighted by atomic mass is 16.6. The van der Waals surface area contributed by atoms with Crippen LogP contribution >= 0.6 is 0 Å². The minimum Gasteiger partial charge on any atom is -0.385 e. The van der Waals surface area contributed by atoms with Gasteiger partial charge in [0, 0.05) is 38.0 Å². The molecule has 1 aromatic rings. The molecule has 0 saturated heterocycles. The molecule has 6 heteroatoms. The van der Waals surface area contributed by atoms with Gasteiger partial charge < -0.3 is 10.2 Å². The Balaban J connectivity index is 3.16. The normalized spacial score (nSPS) is 10.1. The van der Waals surface area contributed by atoms with Crippen LogP contribution in [0, 0.1) is 10.1 Å². The number of anilines is 1. The lowest BCUT2D eigenvalue weighted by atomic mass is 10.1. The van der Waals surface area contributed by atoms with Gasteiger partial charge in [-0.1, -0.05) is 6.92 Å². The molecule has 1 N–H and O–H groups in total. The monoisotopic (exact) mass is 265 g/mol. The SMILES string of the molecule is CCCN(C)C(=O)c1cc([N+](=O)[O-])ccc1NCC. The van der Waals surface area contributed by atoms with E-state index in [0.717, 1.165) is 6.42 Å². The molecule has 0 aliphatic carbocycles. The van der Waals surface area contributed by atoms with E-state index in [2.05, 4.69) is 5.32 Å². The Morgan fingerprint density at radius 3 is 2.63 bits per heavy atom. The van der Waals surface area contributed by atoms with Crippen molar-refractivity contribution in [3.63, 3.8) is 0 Å². The van der Waals surface area contributed by atoms with Crippen LogP contribution in [0.2, 0.25) is 0 Å². The molecule has 0 heterocycles. The summed E-state index contributed by atoms with van der Waals surface area (Å²) in [5.41, 5.74) is 0.892. The van der Waals surface area contributed by atoms with Gasteiger partial charge in [-0.3, -0.25) is 14.9 Å². The molecule has 0 bridgehead atoms. The number of rotatable bonds is 6. The van der Waals surface area contributed by atoms with Crippen LogP contribution in [0.4, 0.5) is 11.4 Å². The molecule has 0 radical (unpaired) electrons. The zero-order chi connectivity index (χ0) is 14.4. The molecular weight excluding hydrogens is 246 g/mol. The van der Waals surface area contributed by atoms with E-state index in [1.165, 1.54) is 12.1 Å². The summed E-state index contributed by atoms with van der Waals surface area (Å²) in [6.07, 6.45) is 0.841. The van der Waals surface area contributed by atoms with Crippen molar-refractivity contribution in [2.24, 2.45) is 0 Å². The van der Waals surface area contributed by atoms with Gasteiger partial charge in [0.2, 0.25) is 0 Å². The van der Waals surface area contributed by atoms with Crippen molar-refractivity contribution in [3.05, 3.63) is 33.9 Å². The van der Waals surface area contributed by atoms with Crippen molar-refractivity contribution in [1.29, 1.82) is 0 Å². The van der Waals surface area contributed by atoms with Crippen LogP contribution < -0.4 is 5.32 Å². The first-order valence-electron chi connectivity index (χ1n) is 6.29. The average Bonchev–Trinajstić information content (AvgIpc) is 2.38. The average molecular weight is 265 g/mol. The molecule has 6 nitrogen and oxygen atoms in total. The summed E-state index contributed by atoms with van der Waals surface area (Å²) in [6, 6.07) is 4.30. The third kappa shape index (κ3) is 3.67. The first kappa shape index (κ1) is 14.9. The van der Waals surface area contributed by atoms with E-state index in [-0.39, 0.29) is 11.6 Å². The van der Waals surface area contributed by atoms with Gasteiger partial charge in [0.25, 0.3) is 11.6 Å². The number of benzene rings is 1. The van der Waals surface area contributed by atoms with E-state index in [1.54, 1.807) is 18.0 Å². The molecule has 19 heavy (non-hydrogen) atoms. The van der Waals surface area contributed by atoms with Crippen LogP contribution in [0.3, 0.4) is 0 Å². The van der Waals surface area contributed by atoms with Gasteiger partial charge in [-0.25, -0.2) is 0 Å². The number of non-ortho nitro benzene ring substituents is 1. The molecular formula is C13H19N3O3. The highest BCUT2D eigenvalue weighted by Gasteiger charge is 2.19. The van der Waals surface area contributed by atoms with Gasteiger partial charge in [-0.15, -0.1) is 0 Å². The van der Waals surface area contributed by atoms with Crippen molar-refractivity contribution >= 4 is 17.3 Å². The molecule has 1 aromatic carbocycles. The Hall–Kier alpha value is -2.11. The van der Waals surface area contributed by atoms with Gasteiger partial charge in [0.05, 0.1) is 10.5 Å². The van der Waals surface area contributed by atoms with Crippen molar-refractivity contribution in [1.82, 2.24) is 4.90 Å². The third-order valence-corrected chi connectivity index (χ3v) is 2.72. The van der Waals surface area contributed by atoms with E-state index < -0.39 is 4.92 Å². The van der Waals surface area contributed by atoms with Crippen LogP contribution in [0.15, 0.2) is 18.2 Å². The van der Waals surface area contributed by atoms with E-state index in [1.807, 2.05) is 13.8 Å². The van der Waals surface area contributed by atoms with Gasteiger partial charge in [0.1, 0.15) is 0 Å². The molecule has 0 saturated carbocycles. The fraction of sp³-hybridized carbons (Fsp3) is 0.462. The Morgan fingerprint density at radius 2 is 2.11 bits per heavy atom. The Labute approximate surface area is 112 Å². The van der Waals surface area contributed by atoms with Crippen LogP contribution in [-0.2, 0) is 0 Å². The second-order valence-corrected chi connectivity index (χ2v) is 4.24. The Morgan fingerprint density at radius 1 is 1.42 bits per heavy atom. The molecule has 0 fully saturated rings. The number of nitro benzene ring substituents is 1. The van der Waals surface area contributed by atoms with Crippen LogP contribution in [0.1, 0.15) is 30.6 Å². The third-order valence-electron chi connectivity index (χ3n) is 2.72. The van der Waals surface area contributed by atoms with E-state index in [4.69, 9.17) is 0 Å². The zero-order valence-corrected chi connectivity index (χ0v) is 11.5. The summed E-state index contributed by atoms with van der Waals surface area (Å²) in [5, 5.41) is 13.9. The van der Waals surface area contributed by atoms with Crippen molar-refractivity contribution in [3.8, 4) is 0 Å². The number of carbonyl (C=O) groups is 1. The number of hydrogen-bond acceptors (Lipinski definition) is 4. The Bertz CT molecular complexity index is 474. The molecule has 104 valence electrons. The lowest BCUT2D eigenvalue weighted by molar-refractivity contribution is -0.384. The van der Waals surface area contributed by atoms with Gasteiger partial charge in [0.15, 0.2) is 0 Å².